The molecule has 0 amide bonds. The maximum absolute atomic E-state index is 12.4. The van der Waals surface area contributed by atoms with Crippen LogP contribution in [0.4, 0.5) is 0 Å². The van der Waals surface area contributed by atoms with Crippen LogP contribution in [0.5, 0.6) is 11.5 Å². The van der Waals surface area contributed by atoms with E-state index in [1.807, 2.05) is 19.6 Å². The van der Waals surface area contributed by atoms with Gasteiger partial charge in [0.2, 0.25) is 0 Å². The van der Waals surface area contributed by atoms with Gasteiger partial charge in [0.05, 0.1) is 19.8 Å². The molecule has 0 heterocycles. The summed E-state index contributed by atoms with van der Waals surface area (Å²) in [5, 5.41) is 9.11. The van der Waals surface area contributed by atoms with E-state index in [-0.39, 0.29) is 16.5 Å². The zero-order valence-corrected chi connectivity index (χ0v) is 12.7. The van der Waals surface area contributed by atoms with Crippen molar-refractivity contribution in [3.05, 3.63) is 23.3 Å². The van der Waals surface area contributed by atoms with Crippen molar-refractivity contribution in [3.63, 3.8) is 0 Å². The third-order valence-electron chi connectivity index (χ3n) is 2.68. The van der Waals surface area contributed by atoms with E-state index in [0.29, 0.717) is 11.5 Å². The molecule has 5 nitrogen and oxygen atoms in total. The Morgan fingerprint density at radius 1 is 1.00 bits per heavy atom. The van der Waals surface area contributed by atoms with Crippen LogP contribution >= 0.6 is 0 Å². The molecule has 6 heteroatoms. The third-order valence-corrected chi connectivity index (χ3v) is 4.31. The highest BCUT2D eigenvalue weighted by Crippen LogP contribution is 2.32. The fourth-order valence-corrected chi connectivity index (χ4v) is 2.66. The number of hydrogen-bond acceptors (Lipinski definition) is 4. The highest BCUT2D eigenvalue weighted by molar-refractivity contribution is 7.05. The summed E-state index contributed by atoms with van der Waals surface area (Å²) < 4.78 is 10.2. The van der Waals surface area contributed by atoms with Crippen LogP contribution in [0.15, 0.2) is 12.1 Å². The molecule has 0 bridgehead atoms. The van der Waals surface area contributed by atoms with Gasteiger partial charge in [-0.3, -0.25) is 0 Å². The van der Waals surface area contributed by atoms with E-state index >= 15 is 0 Å². The molecule has 0 radical (unpaired) electrons. The van der Waals surface area contributed by atoms with Crippen molar-refractivity contribution in [3.8, 4) is 11.5 Å². The van der Waals surface area contributed by atoms with Crippen molar-refractivity contribution in [1.29, 1.82) is 0 Å². The Balaban J connectivity index is 3.53. The molecule has 104 valence electrons. The average molecular weight is 282 g/mol. The smallest absolute Gasteiger partial charge is 0.336 e. The molecule has 1 rings (SSSR count). The minimum Gasteiger partial charge on any atom is -0.493 e. The first-order valence-electron chi connectivity index (χ1n) is 5.76. The molecule has 0 atom stereocenters. The van der Waals surface area contributed by atoms with E-state index < -0.39 is 14.0 Å². The zero-order chi connectivity index (χ0) is 14.8. The van der Waals surface area contributed by atoms with Crippen LogP contribution in [0.1, 0.15) is 20.7 Å². The van der Waals surface area contributed by atoms with E-state index in [4.69, 9.17) is 9.47 Å². The second-order valence-electron chi connectivity index (χ2n) is 5.14. The highest BCUT2D eigenvalue weighted by Gasteiger charge is 2.30. The molecular weight excluding hydrogens is 264 g/mol. The number of aromatic carboxylic acids is 1. The van der Waals surface area contributed by atoms with Gasteiger partial charge in [0.1, 0.15) is 13.5 Å². The summed E-state index contributed by atoms with van der Waals surface area (Å²) in [7, 11) is 0.725. The van der Waals surface area contributed by atoms with E-state index in [9.17, 15) is 14.7 Å². The average Bonchev–Trinajstić information content (AvgIpc) is 2.34. The number of carbonyl (C=O) groups excluding carboxylic acids is 1. The van der Waals surface area contributed by atoms with Gasteiger partial charge in [-0.15, -0.1) is 0 Å². The van der Waals surface area contributed by atoms with Gasteiger partial charge in [-0.2, -0.15) is 0 Å². The lowest BCUT2D eigenvalue weighted by molar-refractivity contribution is 0.0693. The van der Waals surface area contributed by atoms with Gasteiger partial charge in [0, 0.05) is 5.56 Å². The van der Waals surface area contributed by atoms with Crippen LogP contribution < -0.4 is 9.47 Å². The largest absolute Gasteiger partial charge is 0.493 e. The molecule has 0 aromatic heterocycles. The number of carbonyl (C=O) groups is 2. The summed E-state index contributed by atoms with van der Waals surface area (Å²) >= 11 is 0. The second-order valence-corrected chi connectivity index (χ2v) is 10.1. The molecule has 0 aliphatic carbocycles. The summed E-state index contributed by atoms with van der Waals surface area (Å²) in [5.74, 6) is -0.497. The number of hydrogen-bond donors (Lipinski definition) is 1. The fraction of sp³-hybridized carbons (Fsp3) is 0.385. The first kappa shape index (κ1) is 15.2. The lowest BCUT2D eigenvalue weighted by atomic mass is 10.1. The van der Waals surface area contributed by atoms with E-state index in [1.54, 1.807) is 0 Å². The SMILES string of the molecule is COc1cc(C(=O)O)c(C(=O)[Si](C)(C)C)cc1OC. The Bertz CT molecular complexity index is 517. The van der Waals surface area contributed by atoms with Crippen LogP contribution in [0.2, 0.25) is 19.6 Å². The van der Waals surface area contributed by atoms with Gasteiger partial charge in [-0.05, 0) is 12.1 Å². The quantitative estimate of drug-likeness (QED) is 0.840. The minimum atomic E-state index is -2.14. The lowest BCUT2D eigenvalue weighted by Gasteiger charge is -2.18. The van der Waals surface area contributed by atoms with Crippen LogP contribution in [-0.2, 0) is 0 Å². The number of carboxylic acid groups (broad SMARTS) is 1. The predicted molar refractivity (Wildman–Crippen MR) is 74.2 cm³/mol. The molecule has 1 aromatic carbocycles. The number of benzene rings is 1. The normalized spacial score (nSPS) is 11.0. The monoisotopic (exact) mass is 282 g/mol. The lowest BCUT2D eigenvalue weighted by Crippen LogP contribution is -2.34. The summed E-state index contributed by atoms with van der Waals surface area (Å²) in [6.45, 7) is 5.62. The van der Waals surface area contributed by atoms with Crippen molar-refractivity contribution in [2.75, 3.05) is 14.2 Å². The highest BCUT2D eigenvalue weighted by atomic mass is 28.3. The van der Waals surface area contributed by atoms with Crippen molar-refractivity contribution < 1.29 is 24.2 Å². The molecule has 19 heavy (non-hydrogen) atoms. The van der Waals surface area contributed by atoms with Crippen LogP contribution in [-0.4, -0.2) is 38.8 Å². The van der Waals surface area contributed by atoms with E-state index in [0.717, 1.165) is 0 Å². The van der Waals surface area contributed by atoms with Crippen molar-refractivity contribution >= 4 is 19.4 Å². The van der Waals surface area contributed by atoms with Gasteiger partial charge < -0.3 is 19.4 Å². The Morgan fingerprint density at radius 2 is 1.42 bits per heavy atom. The number of rotatable bonds is 5. The molecule has 0 aliphatic heterocycles. The molecule has 1 N–H and O–H groups in total. The molecule has 0 aliphatic rings. The van der Waals surface area contributed by atoms with E-state index in [1.165, 1.54) is 26.4 Å². The minimum absolute atomic E-state index is 0.0509. The summed E-state index contributed by atoms with van der Waals surface area (Å²) in [5.41, 5.74) is 0.134. The van der Waals surface area contributed by atoms with E-state index in [2.05, 4.69) is 0 Å². The van der Waals surface area contributed by atoms with Crippen LogP contribution in [0, 0.1) is 0 Å². The molecule has 1 aromatic rings. The van der Waals surface area contributed by atoms with Gasteiger partial charge in [0.25, 0.3) is 0 Å². The first-order chi connectivity index (χ1) is 8.72. The topological polar surface area (TPSA) is 72.8 Å². The van der Waals surface area contributed by atoms with Gasteiger partial charge in [0.15, 0.2) is 11.5 Å². The predicted octanol–water partition coefficient (Wildman–Crippen LogP) is 2.46. The maximum atomic E-state index is 12.4. The summed E-state index contributed by atoms with van der Waals surface area (Å²) in [4.78, 5) is 23.6. The third kappa shape index (κ3) is 3.14. The van der Waals surface area contributed by atoms with Gasteiger partial charge in [-0.1, -0.05) is 19.6 Å². The molecular formula is C13H18O5Si. The molecule has 0 unspecified atom stereocenters. The Hall–Kier alpha value is -1.82. The van der Waals surface area contributed by atoms with Crippen LogP contribution in [0.25, 0.3) is 0 Å². The Kier molecular flexibility index (Phi) is 4.36. The Labute approximate surface area is 113 Å². The zero-order valence-electron chi connectivity index (χ0n) is 11.7. The summed E-state index contributed by atoms with van der Waals surface area (Å²) in [6, 6.07) is 2.78. The first-order valence-corrected chi connectivity index (χ1v) is 9.26. The van der Waals surface area contributed by atoms with Crippen molar-refractivity contribution in [2.24, 2.45) is 0 Å². The number of carboxylic acids is 1. The fourth-order valence-electron chi connectivity index (χ4n) is 1.65. The Morgan fingerprint density at radius 3 is 1.74 bits per heavy atom. The number of methoxy groups -OCH3 is 2. The molecule has 0 saturated heterocycles. The van der Waals surface area contributed by atoms with Gasteiger partial charge >= 0.3 is 5.97 Å². The van der Waals surface area contributed by atoms with Gasteiger partial charge in [-0.25, -0.2) is 4.79 Å². The maximum Gasteiger partial charge on any atom is 0.336 e. The second kappa shape index (κ2) is 5.44. The molecule has 0 spiro atoms. The van der Waals surface area contributed by atoms with Crippen molar-refractivity contribution in [1.82, 2.24) is 0 Å². The summed E-state index contributed by atoms with van der Waals surface area (Å²) in [6.07, 6.45) is 0. The molecule has 0 saturated carbocycles. The standard InChI is InChI=1S/C13H18O5Si/c1-17-10-6-8(12(14)15)9(7-11(10)18-2)13(16)19(3,4)5/h6-7H,1-5H3,(H,14,15). The molecule has 0 fully saturated rings. The number of ether oxygens (including phenoxy) is 2. The van der Waals surface area contributed by atoms with Crippen LogP contribution in [0.3, 0.4) is 0 Å². The van der Waals surface area contributed by atoms with Crippen molar-refractivity contribution in [2.45, 2.75) is 19.6 Å².